The highest BCUT2D eigenvalue weighted by molar-refractivity contribution is 6.42. The lowest BCUT2D eigenvalue weighted by molar-refractivity contribution is 0.763. The number of pyridine rings is 1. The zero-order valence-corrected chi connectivity index (χ0v) is 14.9. The SMILES string of the molecule is O=c1cc(C=Cc2cccnc2)nc2ccn(-c3ccc(Cl)c(Cl)c3)n12. The molecule has 0 bridgehead atoms. The zero-order valence-electron chi connectivity index (χ0n) is 13.4. The second kappa shape index (κ2) is 6.78. The third kappa shape index (κ3) is 3.14. The summed E-state index contributed by atoms with van der Waals surface area (Å²) in [5, 5.41) is 0.878. The van der Waals surface area contributed by atoms with Gasteiger partial charge in [0.2, 0.25) is 0 Å². The Morgan fingerprint density at radius 2 is 1.88 bits per heavy atom. The van der Waals surface area contributed by atoms with Gasteiger partial charge in [0.05, 0.1) is 21.4 Å². The topological polar surface area (TPSA) is 52.2 Å². The zero-order chi connectivity index (χ0) is 18.1. The van der Waals surface area contributed by atoms with E-state index in [4.69, 9.17) is 23.2 Å². The Kier molecular flexibility index (Phi) is 4.32. The van der Waals surface area contributed by atoms with Crippen LogP contribution in [0.5, 0.6) is 0 Å². The quantitative estimate of drug-likeness (QED) is 0.528. The first-order chi connectivity index (χ1) is 12.6. The van der Waals surface area contributed by atoms with E-state index < -0.39 is 0 Å². The molecule has 0 unspecified atom stereocenters. The minimum atomic E-state index is -0.197. The molecule has 0 atom stereocenters. The fraction of sp³-hybridized carbons (Fsp3) is 0. The molecule has 0 fully saturated rings. The Morgan fingerprint density at radius 3 is 2.65 bits per heavy atom. The summed E-state index contributed by atoms with van der Waals surface area (Å²) in [6.45, 7) is 0. The van der Waals surface area contributed by atoms with E-state index in [9.17, 15) is 4.79 Å². The van der Waals surface area contributed by atoms with E-state index in [2.05, 4.69) is 9.97 Å². The van der Waals surface area contributed by atoms with Crippen molar-refractivity contribution in [2.45, 2.75) is 0 Å². The van der Waals surface area contributed by atoms with Crippen LogP contribution in [0.3, 0.4) is 0 Å². The summed E-state index contributed by atoms with van der Waals surface area (Å²) in [7, 11) is 0. The molecule has 7 heteroatoms. The fourth-order valence-corrected chi connectivity index (χ4v) is 2.90. The molecule has 5 nitrogen and oxygen atoms in total. The van der Waals surface area contributed by atoms with Gasteiger partial charge in [-0.1, -0.05) is 35.3 Å². The van der Waals surface area contributed by atoms with Gasteiger partial charge in [-0.15, -0.1) is 0 Å². The minimum Gasteiger partial charge on any atom is -0.267 e. The summed E-state index contributed by atoms with van der Waals surface area (Å²) in [6, 6.07) is 12.2. The van der Waals surface area contributed by atoms with E-state index in [0.717, 1.165) is 11.3 Å². The van der Waals surface area contributed by atoms with Crippen molar-refractivity contribution < 1.29 is 0 Å². The maximum absolute atomic E-state index is 12.6. The van der Waals surface area contributed by atoms with Gasteiger partial charge >= 0.3 is 0 Å². The van der Waals surface area contributed by atoms with Crippen molar-refractivity contribution in [2.75, 3.05) is 0 Å². The number of benzene rings is 1. The lowest BCUT2D eigenvalue weighted by Gasteiger charge is -2.07. The number of halogens is 2. The molecule has 0 radical (unpaired) electrons. The van der Waals surface area contributed by atoms with Gasteiger partial charge in [0, 0.05) is 30.7 Å². The molecule has 0 amide bonds. The van der Waals surface area contributed by atoms with Crippen LogP contribution in [0.4, 0.5) is 0 Å². The van der Waals surface area contributed by atoms with E-state index in [-0.39, 0.29) is 5.56 Å². The average Bonchev–Trinajstić information content (AvgIpc) is 3.08. The van der Waals surface area contributed by atoms with E-state index in [1.54, 1.807) is 53.6 Å². The van der Waals surface area contributed by atoms with Crippen LogP contribution in [0.1, 0.15) is 11.3 Å². The Labute approximate surface area is 158 Å². The number of rotatable bonds is 3. The molecule has 4 aromatic rings. The maximum atomic E-state index is 12.6. The molecule has 1 aromatic carbocycles. The highest BCUT2D eigenvalue weighted by Gasteiger charge is 2.08. The Bertz CT molecular complexity index is 1180. The number of hydrogen-bond acceptors (Lipinski definition) is 3. The molecule has 4 rings (SSSR count). The monoisotopic (exact) mass is 382 g/mol. The molecule has 3 aromatic heterocycles. The second-order valence-corrected chi connectivity index (χ2v) is 6.38. The van der Waals surface area contributed by atoms with Crippen molar-refractivity contribution in [3.63, 3.8) is 0 Å². The summed E-state index contributed by atoms with van der Waals surface area (Å²) in [6.07, 6.45) is 8.86. The normalized spacial score (nSPS) is 11.5. The van der Waals surface area contributed by atoms with Crippen LogP contribution < -0.4 is 5.56 Å². The predicted molar refractivity (Wildman–Crippen MR) is 104 cm³/mol. The van der Waals surface area contributed by atoms with Crippen LogP contribution in [-0.4, -0.2) is 19.2 Å². The molecule has 0 saturated heterocycles. The van der Waals surface area contributed by atoms with Crippen molar-refractivity contribution >= 4 is 41.0 Å². The summed E-state index contributed by atoms with van der Waals surface area (Å²) in [5.74, 6) is 0. The third-order valence-corrected chi connectivity index (χ3v) is 4.56. The number of hydrogen-bond donors (Lipinski definition) is 0. The van der Waals surface area contributed by atoms with Gasteiger partial charge in [-0.25, -0.2) is 4.98 Å². The Morgan fingerprint density at radius 1 is 1.00 bits per heavy atom. The number of aromatic nitrogens is 4. The summed E-state index contributed by atoms with van der Waals surface area (Å²) in [5.41, 5.74) is 2.57. The molecule has 0 N–H and O–H groups in total. The smallest absolute Gasteiger partial charge is 0.267 e. The molecular weight excluding hydrogens is 371 g/mol. The van der Waals surface area contributed by atoms with Crippen LogP contribution >= 0.6 is 23.2 Å². The Balaban J connectivity index is 1.77. The van der Waals surface area contributed by atoms with Gasteiger partial charge in [-0.05, 0) is 35.9 Å². The third-order valence-electron chi connectivity index (χ3n) is 3.82. The highest BCUT2D eigenvalue weighted by atomic mass is 35.5. The first-order valence-electron chi connectivity index (χ1n) is 7.77. The summed E-state index contributed by atoms with van der Waals surface area (Å²) >= 11 is 12.0. The van der Waals surface area contributed by atoms with Crippen molar-refractivity contribution in [3.8, 4) is 5.69 Å². The van der Waals surface area contributed by atoms with Crippen LogP contribution in [0.25, 0.3) is 23.5 Å². The van der Waals surface area contributed by atoms with Crippen LogP contribution in [0.15, 0.2) is 65.8 Å². The Hall–Kier alpha value is -2.89. The van der Waals surface area contributed by atoms with E-state index in [1.165, 1.54) is 10.6 Å². The van der Waals surface area contributed by atoms with Crippen molar-refractivity contribution in [3.05, 3.63) is 92.7 Å². The molecule has 3 heterocycles. The van der Waals surface area contributed by atoms with Crippen LogP contribution in [-0.2, 0) is 0 Å². The number of fused-ring (bicyclic) bond motifs is 1. The van der Waals surface area contributed by atoms with E-state index >= 15 is 0 Å². The standard InChI is InChI=1S/C19H12Cl2N4O/c20-16-6-5-15(11-17(16)21)24-9-7-18-23-14(10-19(26)25(18)24)4-3-13-2-1-8-22-12-13/h1-12H. The molecule has 128 valence electrons. The fourth-order valence-electron chi connectivity index (χ4n) is 2.61. The van der Waals surface area contributed by atoms with Gasteiger partial charge in [0.25, 0.3) is 5.56 Å². The van der Waals surface area contributed by atoms with Gasteiger partial charge in [0.1, 0.15) is 0 Å². The van der Waals surface area contributed by atoms with Gasteiger partial charge in [0.15, 0.2) is 5.65 Å². The van der Waals surface area contributed by atoms with Crippen molar-refractivity contribution in [1.29, 1.82) is 0 Å². The van der Waals surface area contributed by atoms with Crippen molar-refractivity contribution in [2.24, 2.45) is 0 Å². The second-order valence-electron chi connectivity index (χ2n) is 5.57. The first-order valence-corrected chi connectivity index (χ1v) is 8.52. The van der Waals surface area contributed by atoms with Gasteiger partial charge in [-0.3, -0.25) is 14.5 Å². The molecular formula is C19H12Cl2N4O. The first kappa shape index (κ1) is 16.6. The predicted octanol–water partition coefficient (Wildman–Crippen LogP) is 4.36. The largest absolute Gasteiger partial charge is 0.273 e. The molecule has 0 saturated carbocycles. The molecule has 0 aliphatic rings. The highest BCUT2D eigenvalue weighted by Crippen LogP contribution is 2.24. The summed E-state index contributed by atoms with van der Waals surface area (Å²) < 4.78 is 3.16. The molecule has 26 heavy (non-hydrogen) atoms. The maximum Gasteiger partial charge on any atom is 0.273 e. The van der Waals surface area contributed by atoms with E-state index in [0.29, 0.717) is 21.4 Å². The average molecular weight is 383 g/mol. The van der Waals surface area contributed by atoms with Crippen LogP contribution in [0, 0.1) is 0 Å². The molecule has 0 spiro atoms. The lowest BCUT2D eigenvalue weighted by Crippen LogP contribution is -2.20. The molecule has 0 aliphatic heterocycles. The van der Waals surface area contributed by atoms with Gasteiger partial charge in [-0.2, -0.15) is 4.52 Å². The number of nitrogens with zero attached hydrogens (tertiary/aromatic N) is 4. The van der Waals surface area contributed by atoms with E-state index in [1.807, 2.05) is 18.2 Å². The summed E-state index contributed by atoms with van der Waals surface area (Å²) in [4.78, 5) is 21.2. The van der Waals surface area contributed by atoms with Crippen LogP contribution in [0.2, 0.25) is 10.0 Å². The minimum absolute atomic E-state index is 0.197. The van der Waals surface area contributed by atoms with Crippen molar-refractivity contribution in [1.82, 2.24) is 19.2 Å². The van der Waals surface area contributed by atoms with Gasteiger partial charge < -0.3 is 0 Å². The lowest BCUT2D eigenvalue weighted by atomic mass is 10.2. The molecule has 0 aliphatic carbocycles.